The Labute approximate surface area is 121 Å². The SMILES string of the molecule is Cc1cnc2c(ccn2Cc2ccc(C(=O)NO)cc2)c1. The van der Waals surface area contributed by atoms with E-state index in [1.165, 1.54) is 0 Å². The number of carbonyl (C=O) groups is 1. The van der Waals surface area contributed by atoms with Gasteiger partial charge in [0.2, 0.25) is 0 Å². The van der Waals surface area contributed by atoms with Crippen molar-refractivity contribution in [3.8, 4) is 0 Å². The summed E-state index contributed by atoms with van der Waals surface area (Å²) in [6.45, 7) is 2.70. The highest BCUT2D eigenvalue weighted by Crippen LogP contribution is 2.16. The predicted molar refractivity (Wildman–Crippen MR) is 79.3 cm³/mol. The van der Waals surface area contributed by atoms with Gasteiger partial charge in [0.15, 0.2) is 0 Å². The summed E-state index contributed by atoms with van der Waals surface area (Å²) < 4.78 is 2.07. The Hall–Kier alpha value is -2.66. The molecule has 2 N–H and O–H groups in total. The molecule has 106 valence electrons. The summed E-state index contributed by atoms with van der Waals surface area (Å²) in [4.78, 5) is 15.7. The van der Waals surface area contributed by atoms with Gasteiger partial charge >= 0.3 is 0 Å². The van der Waals surface area contributed by atoms with Crippen molar-refractivity contribution in [2.45, 2.75) is 13.5 Å². The molecule has 0 aliphatic rings. The lowest BCUT2D eigenvalue weighted by molar-refractivity contribution is 0.0706. The van der Waals surface area contributed by atoms with Gasteiger partial charge in [0.05, 0.1) is 0 Å². The fraction of sp³-hybridized carbons (Fsp3) is 0.125. The van der Waals surface area contributed by atoms with Crippen LogP contribution in [-0.4, -0.2) is 20.7 Å². The summed E-state index contributed by atoms with van der Waals surface area (Å²) in [6.07, 6.45) is 3.86. The van der Waals surface area contributed by atoms with Crippen molar-refractivity contribution < 1.29 is 10.0 Å². The summed E-state index contributed by atoms with van der Waals surface area (Å²) in [5, 5.41) is 9.71. The number of aromatic nitrogens is 2. The zero-order valence-electron chi connectivity index (χ0n) is 11.6. The molecule has 3 rings (SSSR count). The van der Waals surface area contributed by atoms with E-state index in [-0.39, 0.29) is 0 Å². The second-order valence-electron chi connectivity index (χ2n) is 5.01. The van der Waals surface area contributed by atoms with Crippen LogP contribution in [0.3, 0.4) is 0 Å². The van der Waals surface area contributed by atoms with Gasteiger partial charge in [0.25, 0.3) is 5.91 Å². The molecule has 0 aliphatic carbocycles. The van der Waals surface area contributed by atoms with Crippen LogP contribution in [-0.2, 0) is 6.54 Å². The van der Waals surface area contributed by atoms with Crippen LogP contribution in [0.1, 0.15) is 21.5 Å². The van der Waals surface area contributed by atoms with E-state index >= 15 is 0 Å². The van der Waals surface area contributed by atoms with Crippen LogP contribution in [0.4, 0.5) is 0 Å². The molecular formula is C16H15N3O2. The maximum absolute atomic E-state index is 11.3. The zero-order valence-corrected chi connectivity index (χ0v) is 11.6. The predicted octanol–water partition coefficient (Wildman–Crippen LogP) is 2.51. The van der Waals surface area contributed by atoms with E-state index in [0.29, 0.717) is 12.1 Å². The van der Waals surface area contributed by atoms with Crippen molar-refractivity contribution in [3.63, 3.8) is 0 Å². The highest BCUT2D eigenvalue weighted by atomic mass is 16.5. The smallest absolute Gasteiger partial charge is 0.274 e. The minimum Gasteiger partial charge on any atom is -0.328 e. The lowest BCUT2D eigenvalue weighted by Crippen LogP contribution is -2.18. The Bertz CT molecular complexity index is 791. The maximum Gasteiger partial charge on any atom is 0.274 e. The Morgan fingerprint density at radius 2 is 2.05 bits per heavy atom. The van der Waals surface area contributed by atoms with Gasteiger partial charge in [0, 0.05) is 29.9 Å². The number of hydroxylamine groups is 1. The largest absolute Gasteiger partial charge is 0.328 e. The van der Waals surface area contributed by atoms with Crippen molar-refractivity contribution in [1.82, 2.24) is 15.0 Å². The first-order valence-corrected chi connectivity index (χ1v) is 6.62. The van der Waals surface area contributed by atoms with Gasteiger partial charge in [-0.3, -0.25) is 10.0 Å². The lowest BCUT2D eigenvalue weighted by Gasteiger charge is -2.06. The van der Waals surface area contributed by atoms with Gasteiger partial charge in [-0.2, -0.15) is 0 Å². The van der Waals surface area contributed by atoms with E-state index in [4.69, 9.17) is 5.21 Å². The van der Waals surface area contributed by atoms with Crippen LogP contribution in [0, 0.1) is 6.92 Å². The molecule has 0 spiro atoms. The fourth-order valence-electron chi connectivity index (χ4n) is 2.34. The molecule has 2 aromatic heterocycles. The van der Waals surface area contributed by atoms with Gasteiger partial charge in [-0.1, -0.05) is 12.1 Å². The molecule has 0 aliphatic heterocycles. The highest BCUT2D eigenvalue weighted by molar-refractivity contribution is 5.93. The van der Waals surface area contributed by atoms with Crippen molar-refractivity contribution in [2.24, 2.45) is 0 Å². The average Bonchev–Trinajstić information content (AvgIpc) is 2.89. The molecule has 3 aromatic rings. The van der Waals surface area contributed by atoms with Crippen LogP contribution in [0.15, 0.2) is 48.8 Å². The minimum absolute atomic E-state index is 0.423. The molecule has 5 nitrogen and oxygen atoms in total. The molecule has 1 amide bonds. The van der Waals surface area contributed by atoms with Crippen LogP contribution < -0.4 is 5.48 Å². The normalized spacial score (nSPS) is 10.8. The van der Waals surface area contributed by atoms with Gasteiger partial charge in [-0.15, -0.1) is 0 Å². The molecule has 0 saturated heterocycles. The molecule has 0 unspecified atom stereocenters. The minimum atomic E-state index is -0.509. The van der Waals surface area contributed by atoms with E-state index in [2.05, 4.69) is 15.6 Å². The second kappa shape index (κ2) is 5.38. The summed E-state index contributed by atoms with van der Waals surface area (Å²) in [6, 6.07) is 11.2. The standard InChI is InChI=1S/C16H15N3O2/c1-11-8-14-6-7-19(15(14)17-9-11)10-12-2-4-13(5-3-12)16(20)18-21/h2-9,21H,10H2,1H3,(H,18,20). The van der Waals surface area contributed by atoms with Gasteiger partial charge < -0.3 is 4.57 Å². The van der Waals surface area contributed by atoms with Gasteiger partial charge in [0.1, 0.15) is 5.65 Å². The maximum atomic E-state index is 11.3. The molecule has 5 heteroatoms. The van der Waals surface area contributed by atoms with E-state index in [1.807, 2.05) is 37.5 Å². The fourth-order valence-corrected chi connectivity index (χ4v) is 2.34. The first-order valence-electron chi connectivity index (χ1n) is 6.62. The Kier molecular flexibility index (Phi) is 3.41. The summed E-state index contributed by atoms with van der Waals surface area (Å²) in [7, 11) is 0. The molecule has 21 heavy (non-hydrogen) atoms. The van der Waals surface area contributed by atoms with Gasteiger partial charge in [-0.05, 0) is 42.3 Å². The Morgan fingerprint density at radius 3 is 2.76 bits per heavy atom. The molecule has 0 radical (unpaired) electrons. The molecule has 0 fully saturated rings. The van der Waals surface area contributed by atoms with E-state index < -0.39 is 5.91 Å². The number of nitrogens with one attached hydrogen (secondary N) is 1. The van der Waals surface area contributed by atoms with Crippen molar-refractivity contribution in [2.75, 3.05) is 0 Å². The third-order valence-corrected chi connectivity index (χ3v) is 3.41. The average molecular weight is 281 g/mol. The number of benzene rings is 1. The van der Waals surface area contributed by atoms with E-state index in [9.17, 15) is 4.79 Å². The van der Waals surface area contributed by atoms with Crippen LogP contribution in [0.25, 0.3) is 11.0 Å². The number of carbonyl (C=O) groups excluding carboxylic acids is 1. The lowest BCUT2D eigenvalue weighted by atomic mass is 10.1. The molecule has 0 atom stereocenters. The third-order valence-electron chi connectivity index (χ3n) is 3.41. The van der Waals surface area contributed by atoms with Crippen LogP contribution in [0.2, 0.25) is 0 Å². The topological polar surface area (TPSA) is 67.2 Å². The van der Waals surface area contributed by atoms with Crippen LogP contribution >= 0.6 is 0 Å². The zero-order chi connectivity index (χ0) is 14.8. The van der Waals surface area contributed by atoms with Crippen molar-refractivity contribution in [3.05, 3.63) is 65.5 Å². The number of amides is 1. The quantitative estimate of drug-likeness (QED) is 0.572. The molecule has 2 heterocycles. The van der Waals surface area contributed by atoms with E-state index in [0.717, 1.165) is 22.2 Å². The Balaban J connectivity index is 1.86. The number of nitrogens with zero attached hydrogens (tertiary/aromatic N) is 2. The monoisotopic (exact) mass is 281 g/mol. The first kappa shape index (κ1) is 13.3. The number of hydrogen-bond acceptors (Lipinski definition) is 3. The number of hydrogen-bond donors (Lipinski definition) is 2. The Morgan fingerprint density at radius 1 is 1.29 bits per heavy atom. The third kappa shape index (κ3) is 2.64. The molecule has 0 bridgehead atoms. The second-order valence-corrected chi connectivity index (χ2v) is 5.01. The number of pyridine rings is 1. The van der Waals surface area contributed by atoms with Crippen LogP contribution in [0.5, 0.6) is 0 Å². The summed E-state index contributed by atoms with van der Waals surface area (Å²) >= 11 is 0. The summed E-state index contributed by atoms with van der Waals surface area (Å²) in [5.41, 5.74) is 5.19. The number of rotatable bonds is 3. The summed E-state index contributed by atoms with van der Waals surface area (Å²) in [5.74, 6) is -0.509. The number of fused-ring (bicyclic) bond motifs is 1. The van der Waals surface area contributed by atoms with Crippen molar-refractivity contribution in [1.29, 1.82) is 0 Å². The first-order chi connectivity index (χ1) is 10.2. The highest BCUT2D eigenvalue weighted by Gasteiger charge is 2.06. The number of aryl methyl sites for hydroxylation is 1. The molecule has 1 aromatic carbocycles. The van der Waals surface area contributed by atoms with E-state index in [1.54, 1.807) is 17.6 Å². The molecular weight excluding hydrogens is 266 g/mol. The van der Waals surface area contributed by atoms with Gasteiger partial charge in [-0.25, -0.2) is 10.5 Å². The van der Waals surface area contributed by atoms with Crippen molar-refractivity contribution >= 4 is 16.9 Å². The molecule has 0 saturated carbocycles.